The fraction of sp³-hybridized carbons (Fsp3) is 0.353. The molecule has 0 unspecified atom stereocenters. The lowest BCUT2D eigenvalue weighted by atomic mass is 9.94. The van der Waals surface area contributed by atoms with Gasteiger partial charge in [0.15, 0.2) is 5.52 Å². The highest BCUT2D eigenvalue weighted by Crippen LogP contribution is 2.32. The van der Waals surface area contributed by atoms with Crippen molar-refractivity contribution in [1.29, 1.82) is 0 Å². The number of aliphatic hydroxyl groups is 1. The molecule has 2 heterocycles. The quantitative estimate of drug-likeness (QED) is 0.770. The standard InChI is InChI=1S/C17H16F3N3O3/c1-9-13-10(2)26-22-14(13)15(24)23(21-9)8-16(3,25)11-5-4-6-12(7-11)17(18,19)20/h4-7,25H,8H2,1-3H3/t16-/m1/s1. The summed E-state index contributed by atoms with van der Waals surface area (Å²) in [4.78, 5) is 12.5. The number of hydrogen-bond donors (Lipinski definition) is 1. The van der Waals surface area contributed by atoms with Gasteiger partial charge in [-0.25, -0.2) is 4.68 Å². The summed E-state index contributed by atoms with van der Waals surface area (Å²) in [6, 6.07) is 4.35. The van der Waals surface area contributed by atoms with Crippen molar-refractivity contribution in [3.8, 4) is 0 Å². The van der Waals surface area contributed by atoms with Gasteiger partial charge in [-0.2, -0.15) is 18.3 Å². The third-order valence-corrected chi connectivity index (χ3v) is 4.20. The molecule has 2 aromatic heterocycles. The molecule has 0 spiro atoms. The van der Waals surface area contributed by atoms with Crippen LogP contribution in [0, 0.1) is 13.8 Å². The van der Waals surface area contributed by atoms with E-state index < -0.39 is 22.9 Å². The average molecular weight is 367 g/mol. The third kappa shape index (κ3) is 3.10. The lowest BCUT2D eigenvalue weighted by molar-refractivity contribution is -0.137. The predicted molar refractivity (Wildman–Crippen MR) is 86.6 cm³/mol. The molecule has 0 aliphatic carbocycles. The zero-order valence-electron chi connectivity index (χ0n) is 14.3. The lowest BCUT2D eigenvalue weighted by Crippen LogP contribution is -2.35. The van der Waals surface area contributed by atoms with Crippen LogP contribution in [0.25, 0.3) is 10.9 Å². The van der Waals surface area contributed by atoms with Gasteiger partial charge in [0.1, 0.15) is 11.4 Å². The predicted octanol–water partition coefficient (Wildman–Crippen LogP) is 2.93. The highest BCUT2D eigenvalue weighted by atomic mass is 19.4. The van der Waals surface area contributed by atoms with Crippen LogP contribution in [0.15, 0.2) is 33.6 Å². The second-order valence-electron chi connectivity index (χ2n) is 6.36. The van der Waals surface area contributed by atoms with Gasteiger partial charge in [-0.3, -0.25) is 4.79 Å². The minimum atomic E-state index is -4.53. The molecule has 0 radical (unpaired) electrons. The molecule has 3 rings (SSSR count). The van der Waals surface area contributed by atoms with Crippen LogP contribution >= 0.6 is 0 Å². The summed E-state index contributed by atoms with van der Waals surface area (Å²) >= 11 is 0. The first-order chi connectivity index (χ1) is 12.0. The van der Waals surface area contributed by atoms with Crippen molar-refractivity contribution < 1.29 is 22.8 Å². The summed E-state index contributed by atoms with van der Waals surface area (Å²) in [5.41, 5.74) is -2.66. The van der Waals surface area contributed by atoms with Gasteiger partial charge in [0.25, 0.3) is 5.56 Å². The van der Waals surface area contributed by atoms with Crippen LogP contribution in [-0.2, 0) is 18.3 Å². The van der Waals surface area contributed by atoms with Gasteiger partial charge >= 0.3 is 6.18 Å². The van der Waals surface area contributed by atoms with Gasteiger partial charge < -0.3 is 9.63 Å². The number of fused-ring (bicyclic) bond motifs is 1. The molecule has 138 valence electrons. The minimum Gasteiger partial charge on any atom is -0.384 e. The molecule has 1 N–H and O–H groups in total. The Labute approximate surface area is 145 Å². The van der Waals surface area contributed by atoms with Crippen molar-refractivity contribution in [2.75, 3.05) is 0 Å². The van der Waals surface area contributed by atoms with Gasteiger partial charge in [-0.05, 0) is 38.5 Å². The van der Waals surface area contributed by atoms with Crippen molar-refractivity contribution in [3.63, 3.8) is 0 Å². The maximum absolute atomic E-state index is 12.9. The molecule has 0 aliphatic heterocycles. The molecular weight excluding hydrogens is 351 g/mol. The number of halogens is 3. The molecule has 0 saturated heterocycles. The van der Waals surface area contributed by atoms with E-state index in [0.29, 0.717) is 16.8 Å². The summed E-state index contributed by atoms with van der Waals surface area (Å²) in [6.45, 7) is 4.29. The molecule has 26 heavy (non-hydrogen) atoms. The van der Waals surface area contributed by atoms with E-state index >= 15 is 0 Å². The zero-order valence-corrected chi connectivity index (χ0v) is 14.3. The Hall–Kier alpha value is -2.68. The van der Waals surface area contributed by atoms with Crippen LogP contribution in [-0.4, -0.2) is 20.0 Å². The summed E-state index contributed by atoms with van der Waals surface area (Å²) in [7, 11) is 0. The van der Waals surface area contributed by atoms with E-state index in [2.05, 4.69) is 10.3 Å². The van der Waals surface area contributed by atoms with Gasteiger partial charge in [-0.15, -0.1) is 0 Å². The normalized spacial score (nSPS) is 14.6. The van der Waals surface area contributed by atoms with E-state index in [1.807, 2.05) is 0 Å². The summed E-state index contributed by atoms with van der Waals surface area (Å²) < 4.78 is 44.7. The van der Waals surface area contributed by atoms with E-state index in [0.717, 1.165) is 16.8 Å². The number of aryl methyl sites for hydroxylation is 2. The first kappa shape index (κ1) is 18.1. The molecule has 1 atom stereocenters. The van der Waals surface area contributed by atoms with Crippen molar-refractivity contribution in [2.45, 2.75) is 39.1 Å². The topological polar surface area (TPSA) is 81.1 Å². The Balaban J connectivity index is 2.04. The number of aromatic nitrogens is 3. The fourth-order valence-electron chi connectivity index (χ4n) is 2.86. The van der Waals surface area contributed by atoms with E-state index in [1.165, 1.54) is 19.1 Å². The van der Waals surface area contributed by atoms with Crippen molar-refractivity contribution in [1.82, 2.24) is 14.9 Å². The highest BCUT2D eigenvalue weighted by Gasteiger charge is 2.33. The van der Waals surface area contributed by atoms with Crippen LogP contribution in [0.4, 0.5) is 13.2 Å². The SMILES string of the molecule is Cc1nn(C[C@@](C)(O)c2cccc(C(F)(F)F)c2)c(=O)c2noc(C)c12. The van der Waals surface area contributed by atoms with Crippen LogP contribution in [0.2, 0.25) is 0 Å². The fourth-order valence-corrected chi connectivity index (χ4v) is 2.86. The Morgan fingerprint density at radius 1 is 1.23 bits per heavy atom. The number of benzene rings is 1. The van der Waals surface area contributed by atoms with Gasteiger partial charge in [-0.1, -0.05) is 17.3 Å². The van der Waals surface area contributed by atoms with Crippen molar-refractivity contribution in [2.24, 2.45) is 0 Å². The summed E-state index contributed by atoms with van der Waals surface area (Å²) in [6.07, 6.45) is -4.53. The Bertz CT molecular complexity index is 1040. The maximum Gasteiger partial charge on any atom is 0.416 e. The van der Waals surface area contributed by atoms with Crippen molar-refractivity contribution >= 4 is 10.9 Å². The maximum atomic E-state index is 12.9. The van der Waals surface area contributed by atoms with E-state index in [1.54, 1.807) is 13.8 Å². The molecule has 0 bridgehead atoms. The average Bonchev–Trinajstić information content (AvgIpc) is 2.94. The number of nitrogens with zero attached hydrogens (tertiary/aromatic N) is 3. The Kier molecular flexibility index (Phi) is 4.14. The molecule has 1 aromatic carbocycles. The summed E-state index contributed by atoms with van der Waals surface area (Å²) in [5, 5.41) is 19.0. The first-order valence-corrected chi connectivity index (χ1v) is 7.74. The molecule has 0 saturated carbocycles. The monoisotopic (exact) mass is 367 g/mol. The lowest BCUT2D eigenvalue weighted by Gasteiger charge is -2.25. The second-order valence-corrected chi connectivity index (χ2v) is 6.36. The molecule has 0 fully saturated rings. The van der Waals surface area contributed by atoms with E-state index in [4.69, 9.17) is 4.52 Å². The number of alkyl halides is 3. The van der Waals surface area contributed by atoms with Crippen LogP contribution < -0.4 is 5.56 Å². The summed E-state index contributed by atoms with van der Waals surface area (Å²) in [5.74, 6) is 0.443. The number of hydrogen-bond acceptors (Lipinski definition) is 5. The van der Waals surface area contributed by atoms with Gasteiger partial charge in [0.05, 0.1) is 23.2 Å². The zero-order chi connectivity index (χ0) is 19.3. The van der Waals surface area contributed by atoms with Crippen molar-refractivity contribution in [3.05, 3.63) is 57.2 Å². The van der Waals surface area contributed by atoms with E-state index in [9.17, 15) is 23.1 Å². The molecule has 3 aromatic rings. The molecule has 0 aliphatic rings. The minimum absolute atomic E-state index is 0.0232. The van der Waals surface area contributed by atoms with Crippen LogP contribution in [0.1, 0.15) is 29.5 Å². The molecule has 6 nitrogen and oxygen atoms in total. The van der Waals surface area contributed by atoms with Gasteiger partial charge in [0, 0.05) is 0 Å². The van der Waals surface area contributed by atoms with Crippen LogP contribution in [0.3, 0.4) is 0 Å². The number of rotatable bonds is 3. The largest absolute Gasteiger partial charge is 0.416 e. The van der Waals surface area contributed by atoms with E-state index in [-0.39, 0.29) is 17.6 Å². The highest BCUT2D eigenvalue weighted by molar-refractivity contribution is 5.81. The molecular formula is C17H16F3N3O3. The first-order valence-electron chi connectivity index (χ1n) is 7.74. The Morgan fingerprint density at radius 2 is 1.88 bits per heavy atom. The molecule has 0 amide bonds. The smallest absolute Gasteiger partial charge is 0.384 e. The van der Waals surface area contributed by atoms with Crippen LogP contribution in [0.5, 0.6) is 0 Å². The van der Waals surface area contributed by atoms with Gasteiger partial charge in [0.2, 0.25) is 0 Å². The third-order valence-electron chi connectivity index (χ3n) is 4.20. The second kappa shape index (κ2) is 5.94. The molecule has 9 heteroatoms. The Morgan fingerprint density at radius 3 is 2.54 bits per heavy atom.